The summed E-state index contributed by atoms with van der Waals surface area (Å²) in [5.41, 5.74) is 7.08. The molecule has 1 aliphatic heterocycles. The fourth-order valence-electron chi connectivity index (χ4n) is 2.71. The van der Waals surface area contributed by atoms with Gasteiger partial charge in [-0.2, -0.15) is 0 Å². The van der Waals surface area contributed by atoms with Gasteiger partial charge >= 0.3 is 0 Å². The maximum atomic E-state index is 12.4. The number of nitrogens with zero attached hydrogens (tertiary/aromatic N) is 1. The van der Waals surface area contributed by atoms with Crippen molar-refractivity contribution < 1.29 is 9.59 Å². The molecule has 1 aromatic carbocycles. The molecule has 2 rings (SSSR count). The van der Waals surface area contributed by atoms with Crippen molar-refractivity contribution in [3.05, 3.63) is 24.3 Å². The van der Waals surface area contributed by atoms with Gasteiger partial charge in [-0.1, -0.05) is 25.5 Å². The molecule has 0 radical (unpaired) electrons. The first kappa shape index (κ1) is 15.5. The zero-order chi connectivity index (χ0) is 15.2. The van der Waals surface area contributed by atoms with Crippen molar-refractivity contribution in [2.24, 2.45) is 11.7 Å². The van der Waals surface area contributed by atoms with Crippen molar-refractivity contribution in [2.75, 3.05) is 23.3 Å². The monoisotopic (exact) mass is 289 g/mol. The molecule has 0 aromatic heterocycles. The molecule has 0 saturated heterocycles. The summed E-state index contributed by atoms with van der Waals surface area (Å²) in [6.45, 7) is 2.87. The van der Waals surface area contributed by atoms with Gasteiger partial charge in [0, 0.05) is 6.42 Å². The Bertz CT molecular complexity index is 516. The molecule has 1 unspecified atom stereocenters. The van der Waals surface area contributed by atoms with Crippen LogP contribution in [-0.4, -0.2) is 24.9 Å². The van der Waals surface area contributed by atoms with Gasteiger partial charge in [-0.25, -0.2) is 0 Å². The molecule has 0 spiro atoms. The molecule has 0 saturated carbocycles. The minimum Gasteiger partial charge on any atom is -0.330 e. The van der Waals surface area contributed by atoms with Gasteiger partial charge in [0.1, 0.15) is 6.54 Å². The van der Waals surface area contributed by atoms with Crippen LogP contribution in [0.2, 0.25) is 0 Å². The third-order valence-electron chi connectivity index (χ3n) is 3.99. The highest BCUT2D eigenvalue weighted by atomic mass is 16.2. The van der Waals surface area contributed by atoms with Crippen molar-refractivity contribution >= 4 is 23.2 Å². The van der Waals surface area contributed by atoms with Crippen molar-refractivity contribution in [3.63, 3.8) is 0 Å². The van der Waals surface area contributed by atoms with Gasteiger partial charge in [0.25, 0.3) is 0 Å². The van der Waals surface area contributed by atoms with Crippen molar-refractivity contribution in [1.82, 2.24) is 0 Å². The van der Waals surface area contributed by atoms with Crippen molar-refractivity contribution in [2.45, 2.75) is 32.6 Å². The normalized spacial score (nSPS) is 15.3. The van der Waals surface area contributed by atoms with E-state index in [1.54, 1.807) is 4.90 Å². The van der Waals surface area contributed by atoms with Gasteiger partial charge in [-0.3, -0.25) is 9.59 Å². The Hall–Kier alpha value is -1.88. The molecule has 2 amide bonds. The Morgan fingerprint density at radius 3 is 2.86 bits per heavy atom. The van der Waals surface area contributed by atoms with Crippen LogP contribution in [0.25, 0.3) is 0 Å². The zero-order valence-corrected chi connectivity index (χ0v) is 12.5. The highest BCUT2D eigenvalue weighted by molar-refractivity contribution is 6.09. The number of hydrogen-bond donors (Lipinski definition) is 2. The average Bonchev–Trinajstić information content (AvgIpc) is 2.50. The minimum atomic E-state index is -0.143. The summed E-state index contributed by atoms with van der Waals surface area (Å²) < 4.78 is 0. The van der Waals surface area contributed by atoms with E-state index in [1.165, 1.54) is 0 Å². The maximum Gasteiger partial charge on any atom is 0.244 e. The average molecular weight is 289 g/mol. The van der Waals surface area contributed by atoms with Crippen LogP contribution in [0.3, 0.4) is 0 Å². The number of carbonyl (C=O) groups excluding carboxylic acids is 2. The Morgan fingerprint density at radius 1 is 1.38 bits per heavy atom. The maximum absolute atomic E-state index is 12.4. The molecule has 3 N–H and O–H groups in total. The SMILES string of the molecule is CCC(CCN)CCC(=O)N1CC(=O)Nc2ccccc21. The summed E-state index contributed by atoms with van der Waals surface area (Å²) in [5.74, 6) is 0.344. The van der Waals surface area contributed by atoms with Crippen LogP contribution in [0.5, 0.6) is 0 Å². The van der Waals surface area contributed by atoms with Crippen LogP contribution in [0, 0.1) is 5.92 Å². The molecule has 5 heteroatoms. The third kappa shape index (κ3) is 3.82. The number of rotatable bonds is 6. The lowest BCUT2D eigenvalue weighted by molar-refractivity contribution is -0.122. The first-order valence-corrected chi connectivity index (χ1v) is 7.55. The van der Waals surface area contributed by atoms with Crippen molar-refractivity contribution in [3.8, 4) is 0 Å². The fraction of sp³-hybridized carbons (Fsp3) is 0.500. The molecular weight excluding hydrogens is 266 g/mol. The van der Waals surface area contributed by atoms with Gasteiger partial charge < -0.3 is 16.0 Å². The molecule has 1 aromatic rings. The number of para-hydroxylation sites is 2. The Labute approximate surface area is 125 Å². The number of hydrogen-bond acceptors (Lipinski definition) is 3. The largest absolute Gasteiger partial charge is 0.330 e. The van der Waals surface area contributed by atoms with Crippen LogP contribution in [0.4, 0.5) is 11.4 Å². The van der Waals surface area contributed by atoms with Gasteiger partial charge in [-0.05, 0) is 37.4 Å². The van der Waals surface area contributed by atoms with E-state index in [0.29, 0.717) is 24.6 Å². The first-order valence-electron chi connectivity index (χ1n) is 7.55. The van der Waals surface area contributed by atoms with Crippen molar-refractivity contribution in [1.29, 1.82) is 0 Å². The first-order chi connectivity index (χ1) is 10.2. The van der Waals surface area contributed by atoms with Gasteiger partial charge in [0.15, 0.2) is 0 Å². The molecule has 1 aliphatic rings. The summed E-state index contributed by atoms with van der Waals surface area (Å²) in [7, 11) is 0. The van der Waals surface area contributed by atoms with E-state index in [9.17, 15) is 9.59 Å². The predicted octanol–water partition coefficient (Wildman–Crippen LogP) is 2.13. The lowest BCUT2D eigenvalue weighted by Gasteiger charge is -2.29. The number of benzene rings is 1. The third-order valence-corrected chi connectivity index (χ3v) is 3.99. The lowest BCUT2D eigenvalue weighted by atomic mass is 9.96. The highest BCUT2D eigenvalue weighted by Gasteiger charge is 2.26. The number of carbonyl (C=O) groups is 2. The minimum absolute atomic E-state index is 0.00720. The molecule has 5 nitrogen and oxygen atoms in total. The Morgan fingerprint density at radius 2 is 2.14 bits per heavy atom. The number of nitrogens with two attached hydrogens (primary N) is 1. The molecule has 1 heterocycles. The van der Waals surface area contributed by atoms with Crippen LogP contribution >= 0.6 is 0 Å². The molecule has 0 bridgehead atoms. The van der Waals surface area contributed by atoms with Gasteiger partial charge in [-0.15, -0.1) is 0 Å². The summed E-state index contributed by atoms with van der Waals surface area (Å²) >= 11 is 0. The molecular formula is C16H23N3O2. The van der Waals surface area contributed by atoms with E-state index in [4.69, 9.17) is 5.73 Å². The number of nitrogens with one attached hydrogen (secondary N) is 1. The summed E-state index contributed by atoms with van der Waals surface area (Å²) in [6.07, 6.45) is 3.26. The number of anilines is 2. The van der Waals surface area contributed by atoms with E-state index >= 15 is 0 Å². The van der Waals surface area contributed by atoms with Gasteiger partial charge in [0.2, 0.25) is 11.8 Å². The van der Waals surface area contributed by atoms with Gasteiger partial charge in [0.05, 0.1) is 11.4 Å². The van der Waals surface area contributed by atoms with Crippen LogP contribution in [0.1, 0.15) is 32.6 Å². The predicted molar refractivity (Wildman–Crippen MR) is 84.1 cm³/mol. The molecule has 0 aliphatic carbocycles. The standard InChI is InChI=1S/C16H23N3O2/c1-2-12(9-10-17)7-8-16(21)19-11-15(20)18-13-5-3-4-6-14(13)19/h3-6,12H,2,7-11,17H2,1H3,(H,18,20). The van der Waals surface area contributed by atoms with Crippen LogP contribution in [0.15, 0.2) is 24.3 Å². The fourth-order valence-corrected chi connectivity index (χ4v) is 2.71. The Kier molecular flexibility index (Phi) is 5.33. The quantitative estimate of drug-likeness (QED) is 0.842. The second-order valence-corrected chi connectivity index (χ2v) is 5.44. The summed E-state index contributed by atoms with van der Waals surface area (Å²) in [4.78, 5) is 25.7. The number of fused-ring (bicyclic) bond motifs is 1. The lowest BCUT2D eigenvalue weighted by Crippen LogP contribution is -2.42. The van der Waals surface area contributed by atoms with E-state index in [1.807, 2.05) is 24.3 Å². The highest BCUT2D eigenvalue weighted by Crippen LogP contribution is 2.29. The van der Waals surface area contributed by atoms with E-state index < -0.39 is 0 Å². The molecule has 1 atom stereocenters. The van der Waals surface area contributed by atoms with E-state index in [2.05, 4.69) is 12.2 Å². The molecule has 0 fully saturated rings. The molecule has 114 valence electrons. The smallest absolute Gasteiger partial charge is 0.244 e. The topological polar surface area (TPSA) is 75.4 Å². The zero-order valence-electron chi connectivity index (χ0n) is 12.5. The Balaban J connectivity index is 2.04. The summed E-state index contributed by atoms with van der Waals surface area (Å²) in [6, 6.07) is 7.40. The number of amides is 2. The second-order valence-electron chi connectivity index (χ2n) is 5.44. The summed E-state index contributed by atoms with van der Waals surface area (Å²) in [5, 5.41) is 2.79. The van der Waals surface area contributed by atoms with E-state index in [0.717, 1.165) is 24.9 Å². The van der Waals surface area contributed by atoms with E-state index in [-0.39, 0.29) is 18.4 Å². The molecule has 21 heavy (non-hydrogen) atoms. The van der Waals surface area contributed by atoms with Crippen LogP contribution in [-0.2, 0) is 9.59 Å². The second kappa shape index (κ2) is 7.22. The van der Waals surface area contributed by atoms with Crippen LogP contribution < -0.4 is 16.0 Å².